The number of likely N-dealkylation sites (tertiary alicyclic amines) is 1. The second kappa shape index (κ2) is 7.73. The molecule has 8 nitrogen and oxygen atoms in total. The second-order valence-electron chi connectivity index (χ2n) is 6.89. The van der Waals surface area contributed by atoms with Gasteiger partial charge in [-0.3, -0.25) is 19.2 Å². The van der Waals surface area contributed by atoms with Gasteiger partial charge in [-0.15, -0.1) is 0 Å². The molecule has 1 aliphatic rings. The standard InChI is InChI=1S/C18H21FN2O6/c1-18(2)7-12(22)15(16(25)20-8-14(23)24)17(26)21(18)9-10-4-5-13(27-3)11(19)6-10/h4-6,15H,7-9H2,1-3H3,(H,20,25)(H,23,24). The molecule has 0 radical (unpaired) electrons. The molecular weight excluding hydrogens is 359 g/mol. The number of benzene rings is 1. The first-order valence-electron chi connectivity index (χ1n) is 8.23. The van der Waals surface area contributed by atoms with Crippen LogP contribution in [0.1, 0.15) is 25.8 Å². The Kier molecular flexibility index (Phi) is 5.82. The number of hydrogen-bond acceptors (Lipinski definition) is 5. The summed E-state index contributed by atoms with van der Waals surface area (Å²) in [5.74, 6) is -5.70. The van der Waals surface area contributed by atoms with Gasteiger partial charge in [0.15, 0.2) is 23.3 Å². The fourth-order valence-corrected chi connectivity index (χ4v) is 3.02. The number of rotatable bonds is 6. The van der Waals surface area contributed by atoms with Crippen LogP contribution in [0, 0.1) is 11.7 Å². The molecule has 2 amide bonds. The average molecular weight is 380 g/mol. The molecule has 1 fully saturated rings. The third kappa shape index (κ3) is 4.42. The Bertz CT molecular complexity index is 792. The number of Topliss-reactive ketones (excluding diaryl/α,β-unsaturated/α-hetero) is 1. The monoisotopic (exact) mass is 380 g/mol. The van der Waals surface area contributed by atoms with E-state index in [0.29, 0.717) is 5.56 Å². The molecule has 1 heterocycles. The first-order valence-corrected chi connectivity index (χ1v) is 8.23. The minimum absolute atomic E-state index is 0.0112. The van der Waals surface area contributed by atoms with E-state index in [0.717, 1.165) is 0 Å². The zero-order valence-electron chi connectivity index (χ0n) is 15.2. The molecule has 1 saturated heterocycles. The van der Waals surface area contributed by atoms with Gasteiger partial charge >= 0.3 is 5.97 Å². The quantitative estimate of drug-likeness (QED) is 0.704. The number of methoxy groups -OCH3 is 1. The molecule has 0 aromatic heterocycles. The van der Waals surface area contributed by atoms with E-state index in [1.54, 1.807) is 19.9 Å². The van der Waals surface area contributed by atoms with Crippen molar-refractivity contribution in [3.8, 4) is 5.75 Å². The number of ketones is 1. The summed E-state index contributed by atoms with van der Waals surface area (Å²) in [6.07, 6.45) is -0.0808. The molecule has 0 spiro atoms. The normalized spacial score (nSPS) is 19.0. The lowest BCUT2D eigenvalue weighted by Gasteiger charge is -2.44. The molecule has 1 atom stereocenters. The molecule has 9 heteroatoms. The van der Waals surface area contributed by atoms with Crippen LogP contribution in [0.25, 0.3) is 0 Å². The summed E-state index contributed by atoms with van der Waals surface area (Å²) >= 11 is 0. The van der Waals surface area contributed by atoms with Crippen LogP contribution in [0.3, 0.4) is 0 Å². The molecule has 1 aromatic carbocycles. The molecule has 2 rings (SSSR count). The van der Waals surface area contributed by atoms with Crippen LogP contribution in [-0.2, 0) is 25.7 Å². The number of nitrogens with one attached hydrogen (secondary N) is 1. The Morgan fingerprint density at radius 1 is 1.37 bits per heavy atom. The van der Waals surface area contributed by atoms with Crippen LogP contribution in [0.15, 0.2) is 18.2 Å². The van der Waals surface area contributed by atoms with E-state index < -0.39 is 47.4 Å². The van der Waals surface area contributed by atoms with Gasteiger partial charge in [0.2, 0.25) is 11.8 Å². The number of nitrogens with zero attached hydrogens (tertiary/aromatic N) is 1. The van der Waals surface area contributed by atoms with Crippen molar-refractivity contribution in [2.24, 2.45) is 5.92 Å². The van der Waals surface area contributed by atoms with Gasteiger partial charge < -0.3 is 20.1 Å². The highest BCUT2D eigenvalue weighted by Crippen LogP contribution is 2.31. The van der Waals surface area contributed by atoms with Gasteiger partial charge in [-0.25, -0.2) is 4.39 Å². The number of hydrogen-bond donors (Lipinski definition) is 2. The van der Waals surface area contributed by atoms with E-state index in [2.05, 4.69) is 5.32 Å². The van der Waals surface area contributed by atoms with Gasteiger partial charge in [0.25, 0.3) is 0 Å². The van der Waals surface area contributed by atoms with Gasteiger partial charge in [-0.1, -0.05) is 6.07 Å². The van der Waals surface area contributed by atoms with Crippen molar-refractivity contribution < 1.29 is 33.4 Å². The van der Waals surface area contributed by atoms with Crippen LogP contribution in [0.5, 0.6) is 5.75 Å². The summed E-state index contributed by atoms with van der Waals surface area (Å²) in [5, 5.41) is 10.7. The van der Waals surface area contributed by atoms with Crippen molar-refractivity contribution in [1.29, 1.82) is 0 Å². The lowest BCUT2D eigenvalue weighted by atomic mass is 9.82. The Hall–Kier alpha value is -2.97. The predicted molar refractivity (Wildman–Crippen MR) is 91.3 cm³/mol. The van der Waals surface area contributed by atoms with E-state index in [1.807, 2.05) is 0 Å². The van der Waals surface area contributed by atoms with Crippen molar-refractivity contribution in [1.82, 2.24) is 10.2 Å². The Morgan fingerprint density at radius 2 is 2.04 bits per heavy atom. The number of carboxylic acids is 1. The molecule has 0 saturated carbocycles. The van der Waals surface area contributed by atoms with Crippen LogP contribution in [0.4, 0.5) is 4.39 Å². The highest BCUT2D eigenvalue weighted by molar-refractivity contribution is 6.20. The predicted octanol–water partition coefficient (Wildman–Crippen LogP) is 0.731. The number of ether oxygens (including phenoxy) is 1. The first-order chi connectivity index (χ1) is 12.6. The topological polar surface area (TPSA) is 113 Å². The largest absolute Gasteiger partial charge is 0.494 e. The number of amides is 2. The van der Waals surface area contributed by atoms with Gasteiger partial charge in [0, 0.05) is 18.5 Å². The van der Waals surface area contributed by atoms with Crippen LogP contribution < -0.4 is 10.1 Å². The van der Waals surface area contributed by atoms with Gasteiger partial charge in [0.05, 0.1) is 7.11 Å². The zero-order chi connectivity index (χ0) is 20.4. The van der Waals surface area contributed by atoms with Crippen molar-refractivity contribution in [3.63, 3.8) is 0 Å². The fraction of sp³-hybridized carbons (Fsp3) is 0.444. The number of carbonyl (C=O) groups is 4. The van der Waals surface area contributed by atoms with Crippen LogP contribution >= 0.6 is 0 Å². The second-order valence-corrected chi connectivity index (χ2v) is 6.89. The maximum atomic E-state index is 13.9. The minimum Gasteiger partial charge on any atom is -0.494 e. The maximum Gasteiger partial charge on any atom is 0.322 e. The summed E-state index contributed by atoms with van der Waals surface area (Å²) < 4.78 is 18.8. The smallest absolute Gasteiger partial charge is 0.322 e. The lowest BCUT2D eigenvalue weighted by Crippen LogP contribution is -2.60. The number of halogens is 1. The highest BCUT2D eigenvalue weighted by atomic mass is 19.1. The average Bonchev–Trinajstić information content (AvgIpc) is 2.56. The minimum atomic E-state index is -1.61. The van der Waals surface area contributed by atoms with Crippen LogP contribution in [-0.4, -0.2) is 52.8 Å². The van der Waals surface area contributed by atoms with Crippen molar-refractivity contribution in [2.75, 3.05) is 13.7 Å². The Balaban J connectivity index is 2.26. The fourth-order valence-electron chi connectivity index (χ4n) is 3.02. The van der Waals surface area contributed by atoms with E-state index in [9.17, 15) is 23.6 Å². The number of carbonyl (C=O) groups excluding carboxylic acids is 3. The Morgan fingerprint density at radius 3 is 2.59 bits per heavy atom. The molecule has 1 aromatic rings. The number of aliphatic carboxylic acids is 1. The SMILES string of the molecule is COc1ccc(CN2C(=O)C(C(=O)NCC(=O)O)C(=O)CC2(C)C)cc1F. The summed E-state index contributed by atoms with van der Waals surface area (Å²) in [6.45, 7) is 2.65. The summed E-state index contributed by atoms with van der Waals surface area (Å²) in [5.41, 5.74) is -0.414. The molecule has 0 aliphatic carbocycles. The van der Waals surface area contributed by atoms with E-state index in [4.69, 9.17) is 9.84 Å². The van der Waals surface area contributed by atoms with Gasteiger partial charge in [-0.05, 0) is 31.5 Å². The lowest BCUT2D eigenvalue weighted by molar-refractivity contribution is -0.158. The number of piperidine rings is 1. The molecular formula is C18H21FN2O6. The van der Waals surface area contributed by atoms with Crippen molar-refractivity contribution >= 4 is 23.6 Å². The Labute approximate surface area is 155 Å². The first kappa shape index (κ1) is 20.3. The van der Waals surface area contributed by atoms with Crippen LogP contribution in [0.2, 0.25) is 0 Å². The van der Waals surface area contributed by atoms with Gasteiger partial charge in [-0.2, -0.15) is 0 Å². The van der Waals surface area contributed by atoms with E-state index >= 15 is 0 Å². The molecule has 146 valence electrons. The van der Waals surface area contributed by atoms with Crippen molar-refractivity contribution in [3.05, 3.63) is 29.6 Å². The molecule has 27 heavy (non-hydrogen) atoms. The molecule has 1 unspecified atom stereocenters. The zero-order valence-corrected chi connectivity index (χ0v) is 15.2. The highest BCUT2D eigenvalue weighted by Gasteiger charge is 2.48. The summed E-state index contributed by atoms with van der Waals surface area (Å²) in [6, 6.07) is 4.23. The molecule has 1 aliphatic heterocycles. The summed E-state index contributed by atoms with van der Waals surface area (Å²) in [4.78, 5) is 49.2. The van der Waals surface area contributed by atoms with E-state index in [1.165, 1.54) is 24.1 Å². The summed E-state index contributed by atoms with van der Waals surface area (Å²) in [7, 11) is 1.33. The molecule has 2 N–H and O–H groups in total. The van der Waals surface area contributed by atoms with E-state index in [-0.39, 0.29) is 18.7 Å². The van der Waals surface area contributed by atoms with Crippen molar-refractivity contribution in [2.45, 2.75) is 32.4 Å². The maximum absolute atomic E-state index is 13.9. The van der Waals surface area contributed by atoms with Gasteiger partial charge in [0.1, 0.15) is 6.54 Å². The molecule has 0 bridgehead atoms. The number of carboxylic acid groups (broad SMARTS) is 1. The third-order valence-electron chi connectivity index (χ3n) is 4.41. The third-order valence-corrected chi connectivity index (χ3v) is 4.41.